The van der Waals surface area contributed by atoms with Crippen LogP contribution in [0.1, 0.15) is 30.9 Å². The van der Waals surface area contributed by atoms with E-state index in [9.17, 15) is 9.90 Å². The summed E-state index contributed by atoms with van der Waals surface area (Å²) in [7, 11) is 1.64. The van der Waals surface area contributed by atoms with E-state index in [0.29, 0.717) is 19.6 Å². The van der Waals surface area contributed by atoms with E-state index < -0.39 is 6.10 Å². The molecule has 1 spiro atoms. The Hall–Kier alpha value is -2.05. The molecular weight excluding hydrogens is 334 g/mol. The van der Waals surface area contributed by atoms with E-state index in [1.807, 2.05) is 19.1 Å². The minimum atomic E-state index is -0.492. The quantitative estimate of drug-likeness (QED) is 0.653. The second-order valence-corrected chi connectivity index (χ2v) is 7.21. The minimum Gasteiger partial charge on any atom is -0.493 e. The average molecular weight is 359 g/mol. The van der Waals surface area contributed by atoms with Gasteiger partial charge in [0.05, 0.1) is 31.8 Å². The predicted octanol–water partition coefficient (Wildman–Crippen LogP) is 1.78. The molecule has 0 amide bonds. The fourth-order valence-corrected chi connectivity index (χ4v) is 4.52. The van der Waals surface area contributed by atoms with Gasteiger partial charge in [-0.25, -0.2) is 0 Å². The van der Waals surface area contributed by atoms with Crippen molar-refractivity contribution in [2.24, 2.45) is 0 Å². The highest BCUT2D eigenvalue weighted by atomic mass is 16.5. The van der Waals surface area contributed by atoms with Crippen LogP contribution in [-0.2, 0) is 21.5 Å². The number of rotatable bonds is 4. The molecule has 1 aromatic rings. The molecule has 0 saturated heterocycles. The first-order valence-electron chi connectivity index (χ1n) is 9.19. The maximum absolute atomic E-state index is 12.0. The van der Waals surface area contributed by atoms with Crippen LogP contribution in [0.4, 0.5) is 0 Å². The Bertz CT molecular complexity index is 746. The van der Waals surface area contributed by atoms with E-state index in [2.05, 4.69) is 17.0 Å². The van der Waals surface area contributed by atoms with Crippen LogP contribution in [0.15, 0.2) is 24.3 Å². The van der Waals surface area contributed by atoms with Crippen molar-refractivity contribution in [3.8, 4) is 11.5 Å². The van der Waals surface area contributed by atoms with Gasteiger partial charge in [-0.05, 0) is 25.0 Å². The Morgan fingerprint density at radius 2 is 2.31 bits per heavy atom. The van der Waals surface area contributed by atoms with Crippen LogP contribution in [0.3, 0.4) is 0 Å². The Morgan fingerprint density at radius 3 is 3.08 bits per heavy atom. The number of carbonyl (C=O) groups excluding carboxylic acids is 1. The average Bonchev–Trinajstić information content (AvgIpc) is 2.86. The number of ether oxygens (including phenoxy) is 3. The highest BCUT2D eigenvalue weighted by Crippen LogP contribution is 2.55. The van der Waals surface area contributed by atoms with E-state index in [1.165, 1.54) is 0 Å². The van der Waals surface area contributed by atoms with Crippen LogP contribution >= 0.6 is 0 Å². The summed E-state index contributed by atoms with van der Waals surface area (Å²) in [5.41, 5.74) is 2.02. The van der Waals surface area contributed by atoms with Crippen molar-refractivity contribution in [2.45, 2.75) is 43.9 Å². The van der Waals surface area contributed by atoms with Crippen LogP contribution in [-0.4, -0.2) is 55.0 Å². The van der Waals surface area contributed by atoms with Gasteiger partial charge in [0.1, 0.15) is 6.10 Å². The third-order valence-corrected chi connectivity index (χ3v) is 5.69. The number of esters is 1. The molecule has 2 heterocycles. The van der Waals surface area contributed by atoms with E-state index in [4.69, 9.17) is 14.2 Å². The zero-order chi connectivity index (χ0) is 18.3. The van der Waals surface area contributed by atoms with Crippen molar-refractivity contribution in [3.63, 3.8) is 0 Å². The SMILES string of the molecule is CCOC(=O)CN1CC[C@@]23C=CC(O)C[C@@H]2Oc2c(OC)ccc(c23)C1. The fraction of sp³-hybridized carbons (Fsp3) is 0.550. The maximum atomic E-state index is 12.0. The highest BCUT2D eigenvalue weighted by molar-refractivity contribution is 5.71. The van der Waals surface area contributed by atoms with E-state index in [-0.39, 0.29) is 24.0 Å². The van der Waals surface area contributed by atoms with Crippen molar-refractivity contribution in [1.82, 2.24) is 4.90 Å². The number of nitrogens with zero attached hydrogens (tertiary/aromatic N) is 1. The van der Waals surface area contributed by atoms with E-state index in [0.717, 1.165) is 35.6 Å². The van der Waals surface area contributed by atoms with E-state index in [1.54, 1.807) is 7.11 Å². The Balaban J connectivity index is 1.74. The number of carbonyl (C=O) groups is 1. The Morgan fingerprint density at radius 1 is 1.46 bits per heavy atom. The van der Waals surface area contributed by atoms with Crippen molar-refractivity contribution in [2.75, 3.05) is 26.8 Å². The van der Waals surface area contributed by atoms with Gasteiger partial charge >= 0.3 is 5.97 Å². The van der Waals surface area contributed by atoms with Gasteiger partial charge in [0.25, 0.3) is 0 Å². The monoisotopic (exact) mass is 359 g/mol. The number of methoxy groups -OCH3 is 1. The fourth-order valence-electron chi connectivity index (χ4n) is 4.52. The molecule has 6 heteroatoms. The van der Waals surface area contributed by atoms with Crippen LogP contribution in [0.5, 0.6) is 11.5 Å². The number of hydrogen-bond acceptors (Lipinski definition) is 6. The lowest BCUT2D eigenvalue weighted by Gasteiger charge is -2.35. The van der Waals surface area contributed by atoms with E-state index >= 15 is 0 Å². The Labute approximate surface area is 153 Å². The third kappa shape index (κ3) is 2.68. The van der Waals surface area contributed by atoms with Gasteiger partial charge in [-0.2, -0.15) is 0 Å². The molecule has 0 bridgehead atoms. The molecular formula is C20H25NO5. The summed E-state index contributed by atoms with van der Waals surface area (Å²) < 4.78 is 16.9. The molecule has 3 atom stereocenters. The van der Waals surface area contributed by atoms with Gasteiger partial charge in [0.15, 0.2) is 11.5 Å². The normalized spacial score (nSPS) is 29.3. The lowest BCUT2D eigenvalue weighted by molar-refractivity contribution is -0.144. The summed E-state index contributed by atoms with van der Waals surface area (Å²) >= 11 is 0. The molecule has 3 aliphatic rings. The summed E-state index contributed by atoms with van der Waals surface area (Å²) in [6.45, 7) is 3.92. The largest absolute Gasteiger partial charge is 0.493 e. The third-order valence-electron chi connectivity index (χ3n) is 5.69. The van der Waals surface area contributed by atoms with Gasteiger partial charge in [0.2, 0.25) is 0 Å². The van der Waals surface area contributed by atoms with Crippen LogP contribution in [0, 0.1) is 0 Å². The lowest BCUT2D eigenvalue weighted by Crippen LogP contribution is -2.43. The molecule has 1 aromatic carbocycles. The predicted molar refractivity (Wildman–Crippen MR) is 95.4 cm³/mol. The standard InChI is InChI=1S/C20H25NO5/c1-3-25-17(23)12-21-9-8-20-7-6-14(22)10-16(20)26-19-15(24-2)5-4-13(11-21)18(19)20/h4-7,14,16,22H,3,8-12H2,1-2H3/t14?,16-,20-/m0/s1. The molecule has 4 rings (SSSR count). The second-order valence-electron chi connectivity index (χ2n) is 7.21. The zero-order valence-electron chi connectivity index (χ0n) is 15.2. The van der Waals surface area contributed by atoms with Crippen molar-refractivity contribution in [3.05, 3.63) is 35.4 Å². The van der Waals surface area contributed by atoms with Crippen LogP contribution in [0.2, 0.25) is 0 Å². The highest BCUT2D eigenvalue weighted by Gasteiger charge is 2.52. The summed E-state index contributed by atoms with van der Waals surface area (Å²) in [6, 6.07) is 3.99. The summed E-state index contributed by atoms with van der Waals surface area (Å²) in [4.78, 5) is 14.1. The number of benzene rings is 1. The summed E-state index contributed by atoms with van der Waals surface area (Å²) in [5, 5.41) is 10.1. The molecule has 1 aliphatic carbocycles. The first-order chi connectivity index (χ1) is 12.6. The summed E-state index contributed by atoms with van der Waals surface area (Å²) in [6.07, 6.45) is 4.76. The number of aliphatic hydroxyl groups excluding tert-OH is 1. The molecule has 0 saturated carbocycles. The van der Waals surface area contributed by atoms with Crippen LogP contribution < -0.4 is 9.47 Å². The maximum Gasteiger partial charge on any atom is 0.320 e. The van der Waals surface area contributed by atoms with Gasteiger partial charge < -0.3 is 19.3 Å². The van der Waals surface area contributed by atoms with Crippen molar-refractivity contribution >= 4 is 5.97 Å². The molecule has 2 aliphatic heterocycles. The first kappa shape index (κ1) is 17.4. The summed E-state index contributed by atoms with van der Waals surface area (Å²) in [5.74, 6) is 1.31. The zero-order valence-corrected chi connectivity index (χ0v) is 15.2. The minimum absolute atomic E-state index is 0.116. The van der Waals surface area contributed by atoms with Crippen molar-refractivity contribution in [1.29, 1.82) is 0 Å². The van der Waals surface area contributed by atoms with Crippen LogP contribution in [0.25, 0.3) is 0 Å². The molecule has 1 N–H and O–H groups in total. The van der Waals surface area contributed by atoms with Gasteiger partial charge in [-0.3, -0.25) is 9.69 Å². The Kier molecular flexibility index (Phi) is 4.40. The molecule has 0 radical (unpaired) electrons. The molecule has 0 fully saturated rings. The van der Waals surface area contributed by atoms with Crippen molar-refractivity contribution < 1.29 is 24.1 Å². The topological polar surface area (TPSA) is 68.2 Å². The van der Waals surface area contributed by atoms with Gasteiger partial charge in [-0.1, -0.05) is 18.2 Å². The number of hydrogen-bond donors (Lipinski definition) is 1. The number of aliphatic hydroxyl groups is 1. The molecule has 26 heavy (non-hydrogen) atoms. The van der Waals surface area contributed by atoms with Gasteiger partial charge in [-0.15, -0.1) is 0 Å². The first-order valence-corrected chi connectivity index (χ1v) is 9.19. The smallest absolute Gasteiger partial charge is 0.320 e. The molecule has 0 aromatic heterocycles. The molecule has 6 nitrogen and oxygen atoms in total. The van der Waals surface area contributed by atoms with Gasteiger partial charge in [0, 0.05) is 25.1 Å². The second kappa shape index (κ2) is 6.59. The lowest BCUT2D eigenvalue weighted by atomic mass is 9.69. The molecule has 1 unspecified atom stereocenters. The molecule has 140 valence electrons.